The molecule has 5 nitrogen and oxygen atoms in total. The largest absolute Gasteiger partial charge is 0.468 e. The van der Waals surface area contributed by atoms with Gasteiger partial charge in [-0.3, -0.25) is 0 Å². The lowest BCUT2D eigenvalue weighted by molar-refractivity contribution is -0.154. The summed E-state index contributed by atoms with van der Waals surface area (Å²) in [4.78, 5) is 6.49. The van der Waals surface area contributed by atoms with Gasteiger partial charge in [0.15, 0.2) is 6.61 Å². The lowest BCUT2D eigenvalue weighted by Gasteiger charge is -2.41. The van der Waals surface area contributed by atoms with Crippen LogP contribution in [0, 0.1) is 0 Å². The molecule has 42 heavy (non-hydrogen) atoms. The van der Waals surface area contributed by atoms with Gasteiger partial charge in [-0.2, -0.15) is 13.2 Å². The Morgan fingerprint density at radius 2 is 1.71 bits per heavy atom. The number of pyridine rings is 1. The first-order chi connectivity index (χ1) is 20.4. The van der Waals surface area contributed by atoms with Crippen LogP contribution in [0.3, 0.4) is 0 Å². The zero-order valence-corrected chi connectivity index (χ0v) is 22.8. The summed E-state index contributed by atoms with van der Waals surface area (Å²) < 4.78 is 48.4. The van der Waals surface area contributed by atoms with E-state index in [1.807, 2.05) is 12.1 Å². The SMILES string of the molecule is O[C@H]1COCC[C@@H]1N1CC=C(c2c(-c3ccc(OCC(F)(F)F)nc3)ccc3c2Cc2ccccc2-3)c2ccccc21. The Labute approximate surface area is 241 Å². The smallest absolute Gasteiger partial charge is 0.422 e. The molecule has 0 bridgehead atoms. The Kier molecular flexibility index (Phi) is 6.75. The van der Waals surface area contributed by atoms with Crippen molar-refractivity contribution >= 4 is 11.3 Å². The molecule has 0 saturated carbocycles. The van der Waals surface area contributed by atoms with E-state index in [4.69, 9.17) is 9.47 Å². The highest BCUT2D eigenvalue weighted by Crippen LogP contribution is 2.48. The van der Waals surface area contributed by atoms with E-state index < -0.39 is 18.9 Å². The summed E-state index contributed by atoms with van der Waals surface area (Å²) in [6.07, 6.45) is 0.333. The Morgan fingerprint density at radius 1 is 0.929 bits per heavy atom. The van der Waals surface area contributed by atoms with E-state index in [0.717, 1.165) is 46.4 Å². The maximum atomic E-state index is 12.7. The van der Waals surface area contributed by atoms with Crippen LogP contribution in [0.5, 0.6) is 5.88 Å². The molecule has 0 unspecified atom stereocenters. The summed E-state index contributed by atoms with van der Waals surface area (Å²) >= 11 is 0. The number of fused-ring (bicyclic) bond motifs is 4. The average molecular weight is 571 g/mol. The van der Waals surface area contributed by atoms with Gasteiger partial charge in [0.05, 0.1) is 18.8 Å². The van der Waals surface area contributed by atoms with Crippen molar-refractivity contribution in [2.75, 3.05) is 31.3 Å². The summed E-state index contributed by atoms with van der Waals surface area (Å²) in [6, 6.07) is 24.1. The second kappa shape index (κ2) is 10.6. The number of aromatic nitrogens is 1. The van der Waals surface area contributed by atoms with Crippen molar-refractivity contribution < 1.29 is 27.8 Å². The molecule has 2 aliphatic heterocycles. The lowest BCUT2D eigenvalue weighted by atomic mass is 9.83. The standard InChI is InChI=1S/C34H29F3N2O3/c35-34(36,37)20-42-32-12-9-22(18-38-32)24-10-11-25-23-6-2-1-5-21(23)17-28(25)33(24)27-13-15-39(29-8-4-3-7-26(27)29)30-14-16-41-19-31(30)40/h1-13,18,30-31,40H,14-17,19-20H2/t30-,31-/m0/s1. The van der Waals surface area contributed by atoms with E-state index in [9.17, 15) is 18.3 Å². The van der Waals surface area contributed by atoms with Crippen molar-refractivity contribution in [3.8, 4) is 28.1 Å². The Bertz CT molecular complexity index is 1670. The van der Waals surface area contributed by atoms with E-state index >= 15 is 0 Å². The predicted octanol–water partition coefficient (Wildman–Crippen LogP) is 6.66. The van der Waals surface area contributed by atoms with Gasteiger partial charge in [0.2, 0.25) is 5.88 Å². The molecular formula is C34H29F3N2O3. The minimum atomic E-state index is -4.43. The zero-order valence-electron chi connectivity index (χ0n) is 22.8. The molecule has 0 amide bonds. The summed E-state index contributed by atoms with van der Waals surface area (Å²) in [6.45, 7) is 0.182. The Balaban J connectivity index is 1.34. The maximum Gasteiger partial charge on any atom is 0.422 e. The third-order valence-electron chi connectivity index (χ3n) is 8.37. The molecule has 3 aromatic carbocycles. The molecule has 2 atom stereocenters. The fraction of sp³-hybridized carbons (Fsp3) is 0.265. The van der Waals surface area contributed by atoms with E-state index in [1.165, 1.54) is 28.3 Å². The molecule has 1 N–H and O–H groups in total. The van der Waals surface area contributed by atoms with Crippen LogP contribution in [-0.4, -0.2) is 54.8 Å². The van der Waals surface area contributed by atoms with Gasteiger partial charge in [-0.1, -0.05) is 60.7 Å². The third-order valence-corrected chi connectivity index (χ3v) is 8.37. The normalized spacial score (nSPS) is 19.5. The maximum absolute atomic E-state index is 12.7. The second-order valence-electron chi connectivity index (χ2n) is 10.9. The van der Waals surface area contributed by atoms with E-state index in [0.29, 0.717) is 19.8 Å². The monoisotopic (exact) mass is 570 g/mol. The lowest BCUT2D eigenvalue weighted by Crippen LogP contribution is -2.50. The number of benzene rings is 3. The topological polar surface area (TPSA) is 54.8 Å². The van der Waals surface area contributed by atoms with Crippen LogP contribution in [0.4, 0.5) is 18.9 Å². The van der Waals surface area contributed by atoms with Crippen LogP contribution in [0.2, 0.25) is 0 Å². The van der Waals surface area contributed by atoms with Crippen molar-refractivity contribution in [1.29, 1.82) is 0 Å². The van der Waals surface area contributed by atoms with E-state index in [2.05, 4.69) is 64.5 Å². The summed E-state index contributed by atoms with van der Waals surface area (Å²) in [7, 11) is 0. The van der Waals surface area contributed by atoms with Crippen LogP contribution in [-0.2, 0) is 11.2 Å². The summed E-state index contributed by atoms with van der Waals surface area (Å²) in [5.41, 5.74) is 11.0. The van der Waals surface area contributed by atoms with Gasteiger partial charge in [0.25, 0.3) is 0 Å². The summed E-state index contributed by atoms with van der Waals surface area (Å²) in [5.74, 6) is -0.0703. The molecule has 214 valence electrons. The minimum Gasteiger partial charge on any atom is -0.468 e. The van der Waals surface area contributed by atoms with Crippen LogP contribution in [0.25, 0.3) is 27.8 Å². The molecule has 0 spiro atoms. The number of hydrogen-bond donors (Lipinski definition) is 1. The first kappa shape index (κ1) is 26.7. The van der Waals surface area contributed by atoms with Crippen molar-refractivity contribution in [3.63, 3.8) is 0 Å². The van der Waals surface area contributed by atoms with Gasteiger partial charge in [-0.05, 0) is 63.9 Å². The number of halogens is 3. The van der Waals surface area contributed by atoms with Crippen LogP contribution >= 0.6 is 0 Å². The molecule has 7 rings (SSSR count). The Hall–Kier alpha value is -4.14. The predicted molar refractivity (Wildman–Crippen MR) is 156 cm³/mol. The molecule has 1 aliphatic carbocycles. The first-order valence-electron chi connectivity index (χ1n) is 14.1. The Morgan fingerprint density at radius 3 is 2.50 bits per heavy atom. The highest BCUT2D eigenvalue weighted by molar-refractivity contribution is 5.99. The van der Waals surface area contributed by atoms with Gasteiger partial charge in [-0.15, -0.1) is 0 Å². The van der Waals surface area contributed by atoms with Crippen LogP contribution in [0.1, 0.15) is 28.7 Å². The number of aliphatic hydroxyl groups excluding tert-OH is 1. The first-order valence-corrected chi connectivity index (χ1v) is 14.1. The molecule has 4 aromatic rings. The highest BCUT2D eigenvalue weighted by Gasteiger charge is 2.34. The van der Waals surface area contributed by atoms with E-state index in [1.54, 1.807) is 12.3 Å². The van der Waals surface area contributed by atoms with Crippen LogP contribution in [0.15, 0.2) is 85.1 Å². The van der Waals surface area contributed by atoms with Gasteiger partial charge in [0.1, 0.15) is 0 Å². The quantitative estimate of drug-likeness (QED) is 0.256. The molecular weight excluding hydrogens is 541 g/mol. The molecule has 1 saturated heterocycles. The highest BCUT2D eigenvalue weighted by atomic mass is 19.4. The fourth-order valence-corrected chi connectivity index (χ4v) is 6.52. The van der Waals surface area contributed by atoms with E-state index in [-0.39, 0.29) is 11.9 Å². The average Bonchev–Trinajstić information content (AvgIpc) is 3.38. The summed E-state index contributed by atoms with van der Waals surface area (Å²) in [5, 5.41) is 10.8. The zero-order chi connectivity index (χ0) is 28.8. The number of alkyl halides is 3. The van der Waals surface area contributed by atoms with Crippen LogP contribution < -0.4 is 9.64 Å². The number of para-hydroxylation sites is 1. The molecule has 1 fully saturated rings. The fourth-order valence-electron chi connectivity index (χ4n) is 6.52. The van der Waals surface area contributed by atoms with Crippen molar-refractivity contribution in [2.24, 2.45) is 0 Å². The van der Waals surface area contributed by atoms with Gasteiger partial charge in [0, 0.05) is 42.2 Å². The number of ether oxygens (including phenoxy) is 2. The van der Waals surface area contributed by atoms with Crippen molar-refractivity contribution in [3.05, 3.63) is 107 Å². The van der Waals surface area contributed by atoms with Gasteiger partial charge in [-0.25, -0.2) is 4.98 Å². The number of aliphatic hydroxyl groups is 1. The number of rotatable bonds is 5. The number of hydrogen-bond acceptors (Lipinski definition) is 5. The molecule has 1 aromatic heterocycles. The molecule has 3 aliphatic rings. The van der Waals surface area contributed by atoms with Crippen molar-refractivity contribution in [2.45, 2.75) is 31.2 Å². The molecule has 3 heterocycles. The minimum absolute atomic E-state index is 0.0450. The number of anilines is 1. The molecule has 8 heteroatoms. The third kappa shape index (κ3) is 4.84. The van der Waals surface area contributed by atoms with Gasteiger partial charge < -0.3 is 19.5 Å². The second-order valence-corrected chi connectivity index (χ2v) is 10.9. The van der Waals surface area contributed by atoms with Crippen molar-refractivity contribution in [1.82, 2.24) is 4.98 Å². The number of nitrogens with zero attached hydrogens (tertiary/aromatic N) is 2. The van der Waals surface area contributed by atoms with Gasteiger partial charge >= 0.3 is 6.18 Å². The molecule has 0 radical (unpaired) electrons.